The smallest absolute Gasteiger partial charge is 0.336 e. The van der Waals surface area contributed by atoms with E-state index in [1.54, 1.807) is 29.2 Å². The van der Waals surface area contributed by atoms with E-state index in [0.717, 1.165) is 37.3 Å². The van der Waals surface area contributed by atoms with Crippen LogP contribution in [0.25, 0.3) is 0 Å². The van der Waals surface area contributed by atoms with Crippen LogP contribution >= 0.6 is 0 Å². The quantitative estimate of drug-likeness (QED) is 0.457. The fourth-order valence-electron chi connectivity index (χ4n) is 5.20. The van der Waals surface area contributed by atoms with E-state index in [0.29, 0.717) is 57.1 Å². The summed E-state index contributed by atoms with van der Waals surface area (Å²) in [6, 6.07) is 22.3. The maximum atomic E-state index is 13.0. The van der Waals surface area contributed by atoms with Crippen molar-refractivity contribution in [2.24, 2.45) is 0 Å². The molecule has 0 radical (unpaired) electrons. The van der Waals surface area contributed by atoms with Crippen molar-refractivity contribution in [1.82, 2.24) is 19.6 Å². The second-order valence-electron chi connectivity index (χ2n) is 10.5. The van der Waals surface area contributed by atoms with Gasteiger partial charge in [0.15, 0.2) is 0 Å². The zero-order valence-electron chi connectivity index (χ0n) is 22.8. The molecule has 216 valence electrons. The third-order valence-corrected chi connectivity index (χ3v) is 7.64. The van der Waals surface area contributed by atoms with Crippen LogP contribution in [-0.2, 0) is 19.3 Å². The molecule has 0 unspecified atom stereocenters. The molecule has 41 heavy (non-hydrogen) atoms. The minimum atomic E-state index is -4.34. The third kappa shape index (κ3) is 7.65. The molecule has 3 amide bonds. The highest BCUT2D eigenvalue weighted by atomic mass is 19.4. The second kappa shape index (κ2) is 12.7. The van der Waals surface area contributed by atoms with E-state index in [2.05, 4.69) is 27.2 Å². The van der Waals surface area contributed by atoms with Crippen molar-refractivity contribution in [3.63, 3.8) is 0 Å². The Labute approximate surface area is 238 Å². The molecule has 5 rings (SSSR count). The van der Waals surface area contributed by atoms with Crippen molar-refractivity contribution in [1.29, 1.82) is 0 Å². The number of nitrogens with one attached hydrogen (secondary N) is 1. The number of rotatable bonds is 6. The van der Waals surface area contributed by atoms with Crippen LogP contribution in [0.4, 0.5) is 23.7 Å². The summed E-state index contributed by atoms with van der Waals surface area (Å²) in [7, 11) is 0. The highest BCUT2D eigenvalue weighted by molar-refractivity contribution is 5.95. The molecular weight excluding hydrogens is 531 g/mol. The lowest BCUT2D eigenvalue weighted by Gasteiger charge is -2.35. The third-order valence-electron chi connectivity index (χ3n) is 7.64. The molecule has 2 heterocycles. The molecule has 10 heteroatoms. The molecule has 0 saturated carbocycles. The topological polar surface area (TPSA) is 59.1 Å². The first kappa shape index (κ1) is 28.6. The average Bonchev–Trinajstić information content (AvgIpc) is 2.98. The minimum Gasteiger partial charge on any atom is -0.336 e. The van der Waals surface area contributed by atoms with E-state index >= 15 is 0 Å². The van der Waals surface area contributed by atoms with Crippen LogP contribution in [0.2, 0.25) is 0 Å². The number of hydrogen-bond acceptors (Lipinski definition) is 4. The Bertz CT molecular complexity index is 1300. The van der Waals surface area contributed by atoms with Gasteiger partial charge in [0.1, 0.15) is 0 Å². The summed E-state index contributed by atoms with van der Waals surface area (Å²) in [5.41, 5.74) is 2.61. The SMILES string of the molecule is O=C(Nc1ccc(C(=O)N2CCN(Cc3ccc(C(F)(F)F)cc3)CC2)cc1)N1CCN(Cc2ccccc2)CC1. The number of anilines is 1. The molecule has 7 nitrogen and oxygen atoms in total. The summed E-state index contributed by atoms with van der Waals surface area (Å²) in [6.07, 6.45) is -4.34. The molecular formula is C31H34F3N5O2. The summed E-state index contributed by atoms with van der Waals surface area (Å²) in [6.45, 7) is 6.69. The van der Waals surface area contributed by atoms with Crippen LogP contribution in [0.15, 0.2) is 78.9 Å². The molecule has 1 N–H and O–H groups in total. The van der Waals surface area contributed by atoms with Gasteiger partial charge >= 0.3 is 12.2 Å². The number of halogens is 3. The Hall–Kier alpha value is -3.89. The number of benzene rings is 3. The fourth-order valence-corrected chi connectivity index (χ4v) is 5.20. The highest BCUT2D eigenvalue weighted by Crippen LogP contribution is 2.29. The van der Waals surface area contributed by atoms with Gasteiger partial charge in [-0.3, -0.25) is 14.6 Å². The molecule has 0 aromatic heterocycles. The average molecular weight is 566 g/mol. The zero-order valence-corrected chi connectivity index (χ0v) is 22.8. The summed E-state index contributed by atoms with van der Waals surface area (Å²) in [5.74, 6) is -0.0772. The van der Waals surface area contributed by atoms with Crippen LogP contribution < -0.4 is 5.32 Å². The predicted octanol–water partition coefficient (Wildman–Crippen LogP) is 5.01. The summed E-state index contributed by atoms with van der Waals surface area (Å²) in [4.78, 5) is 33.9. The van der Waals surface area contributed by atoms with Crippen molar-refractivity contribution in [3.8, 4) is 0 Å². The van der Waals surface area contributed by atoms with Gasteiger partial charge in [0.2, 0.25) is 0 Å². The molecule has 0 spiro atoms. The van der Waals surface area contributed by atoms with Crippen LogP contribution in [0.3, 0.4) is 0 Å². The molecule has 2 aliphatic heterocycles. The van der Waals surface area contributed by atoms with Gasteiger partial charge in [-0.15, -0.1) is 0 Å². The van der Waals surface area contributed by atoms with Gasteiger partial charge in [-0.05, 0) is 47.5 Å². The van der Waals surface area contributed by atoms with Gasteiger partial charge in [0.05, 0.1) is 5.56 Å². The Kier molecular flexibility index (Phi) is 8.90. The lowest BCUT2D eigenvalue weighted by Crippen LogP contribution is -2.49. The highest BCUT2D eigenvalue weighted by Gasteiger charge is 2.30. The molecule has 3 aromatic carbocycles. The largest absolute Gasteiger partial charge is 0.416 e. The molecule has 2 aliphatic rings. The first-order valence-corrected chi connectivity index (χ1v) is 13.8. The van der Waals surface area contributed by atoms with Gasteiger partial charge < -0.3 is 15.1 Å². The van der Waals surface area contributed by atoms with E-state index in [1.165, 1.54) is 17.7 Å². The van der Waals surface area contributed by atoms with E-state index in [4.69, 9.17) is 0 Å². The summed E-state index contributed by atoms with van der Waals surface area (Å²) >= 11 is 0. The molecule has 0 atom stereocenters. The summed E-state index contributed by atoms with van der Waals surface area (Å²) < 4.78 is 38.4. The zero-order chi connectivity index (χ0) is 28.8. The molecule has 2 saturated heterocycles. The molecule has 2 fully saturated rings. The van der Waals surface area contributed by atoms with Crippen molar-refractivity contribution < 1.29 is 22.8 Å². The number of alkyl halides is 3. The van der Waals surface area contributed by atoms with Gasteiger partial charge in [-0.1, -0.05) is 42.5 Å². The lowest BCUT2D eigenvalue weighted by molar-refractivity contribution is -0.137. The van der Waals surface area contributed by atoms with Crippen LogP contribution in [0, 0.1) is 0 Å². The van der Waals surface area contributed by atoms with Crippen LogP contribution in [0.1, 0.15) is 27.0 Å². The van der Waals surface area contributed by atoms with E-state index in [9.17, 15) is 22.8 Å². The molecule has 3 aromatic rings. The molecule has 0 aliphatic carbocycles. The number of urea groups is 1. The maximum Gasteiger partial charge on any atom is 0.416 e. The van der Waals surface area contributed by atoms with Gasteiger partial charge in [0.25, 0.3) is 5.91 Å². The number of amides is 3. The van der Waals surface area contributed by atoms with Crippen molar-refractivity contribution >= 4 is 17.6 Å². The van der Waals surface area contributed by atoms with E-state index in [-0.39, 0.29) is 11.9 Å². The first-order chi connectivity index (χ1) is 19.7. The van der Waals surface area contributed by atoms with Crippen LogP contribution in [0.5, 0.6) is 0 Å². The van der Waals surface area contributed by atoms with Crippen molar-refractivity contribution in [2.45, 2.75) is 19.3 Å². The van der Waals surface area contributed by atoms with E-state index in [1.807, 2.05) is 23.1 Å². The lowest BCUT2D eigenvalue weighted by atomic mass is 10.1. The minimum absolute atomic E-state index is 0.0772. The van der Waals surface area contributed by atoms with Gasteiger partial charge in [-0.25, -0.2) is 4.79 Å². The number of nitrogens with zero attached hydrogens (tertiary/aromatic N) is 4. The van der Waals surface area contributed by atoms with Gasteiger partial charge in [0, 0.05) is 76.7 Å². The Morgan fingerprint density at radius 2 is 1.15 bits per heavy atom. The van der Waals surface area contributed by atoms with Gasteiger partial charge in [-0.2, -0.15) is 13.2 Å². The number of carbonyl (C=O) groups excluding carboxylic acids is 2. The first-order valence-electron chi connectivity index (χ1n) is 13.8. The van der Waals surface area contributed by atoms with Crippen molar-refractivity contribution in [3.05, 3.63) is 101 Å². The predicted molar refractivity (Wildman–Crippen MR) is 151 cm³/mol. The standard InChI is InChI=1S/C31H34F3N5O2/c32-31(33,34)27-10-6-25(7-11-27)23-36-14-18-38(19-15-36)29(40)26-8-12-28(13-9-26)35-30(41)39-20-16-37(17-21-39)22-24-4-2-1-3-5-24/h1-13H,14-23H2,(H,35,41). The molecule has 0 bridgehead atoms. The number of piperazine rings is 2. The van der Waals surface area contributed by atoms with E-state index < -0.39 is 11.7 Å². The Balaban J connectivity index is 1.05. The van der Waals surface area contributed by atoms with Crippen molar-refractivity contribution in [2.75, 3.05) is 57.7 Å². The second-order valence-corrected chi connectivity index (χ2v) is 10.5. The van der Waals surface area contributed by atoms with Crippen LogP contribution in [-0.4, -0.2) is 83.9 Å². The Morgan fingerprint density at radius 3 is 1.68 bits per heavy atom. The normalized spacial score (nSPS) is 17.0. The maximum absolute atomic E-state index is 13.0. The fraction of sp³-hybridized carbons (Fsp3) is 0.355. The Morgan fingerprint density at radius 1 is 0.634 bits per heavy atom. The number of carbonyl (C=O) groups is 2. The summed E-state index contributed by atoms with van der Waals surface area (Å²) in [5, 5.41) is 2.94. The monoisotopic (exact) mass is 565 g/mol. The number of hydrogen-bond donors (Lipinski definition) is 1.